The van der Waals surface area contributed by atoms with Gasteiger partial charge in [-0.15, -0.1) is 0 Å². The summed E-state index contributed by atoms with van der Waals surface area (Å²) in [6.07, 6.45) is 0. The zero-order valence-corrected chi connectivity index (χ0v) is 7.77. The summed E-state index contributed by atoms with van der Waals surface area (Å²) in [5.41, 5.74) is 10.2. The van der Waals surface area contributed by atoms with Gasteiger partial charge in [0.25, 0.3) is 11.6 Å². The first-order valence-electron chi connectivity index (χ1n) is 4.13. The molecule has 0 bridgehead atoms. The van der Waals surface area contributed by atoms with Gasteiger partial charge >= 0.3 is 0 Å². The molecule has 0 unspecified atom stereocenters. The second-order valence-corrected chi connectivity index (χ2v) is 2.68. The van der Waals surface area contributed by atoms with Crippen LogP contribution in [0, 0.1) is 10.1 Å². The molecule has 0 radical (unpaired) electrons. The summed E-state index contributed by atoms with van der Waals surface area (Å²) in [4.78, 5) is 20.7. The topological polar surface area (TPSA) is 110 Å². The van der Waals surface area contributed by atoms with Crippen molar-refractivity contribution in [1.29, 1.82) is 0 Å². The largest absolute Gasteiger partial charge is 0.322 e. The van der Waals surface area contributed by atoms with E-state index in [1.54, 1.807) is 6.07 Å². The summed E-state index contributed by atoms with van der Waals surface area (Å²) < 4.78 is 0. The number of non-ortho nitro benzene ring substituents is 1. The first kappa shape index (κ1) is 10.9. The Morgan fingerprint density at radius 3 is 2.87 bits per heavy atom. The van der Waals surface area contributed by atoms with Crippen LogP contribution in [0.4, 0.5) is 11.4 Å². The van der Waals surface area contributed by atoms with Crippen LogP contribution < -0.4 is 16.6 Å². The van der Waals surface area contributed by atoms with Crippen LogP contribution in [0.1, 0.15) is 0 Å². The quantitative estimate of drug-likeness (QED) is 0.478. The molecule has 0 saturated carbocycles. The average molecular weight is 210 g/mol. The molecule has 1 rings (SSSR count). The molecular formula is C8H10N4O3. The summed E-state index contributed by atoms with van der Waals surface area (Å²) in [7, 11) is 0. The van der Waals surface area contributed by atoms with Crippen LogP contribution in [0.2, 0.25) is 0 Å². The minimum atomic E-state index is -0.518. The standard InChI is InChI=1S/C8H10N4O3/c9-5-8(13)11-10-6-2-1-3-7(4-6)12(14)15/h1-4,10H,5,9H2,(H,11,13). The Bertz CT molecular complexity index is 380. The summed E-state index contributed by atoms with van der Waals surface area (Å²) in [5.74, 6) is -0.401. The number of amides is 1. The number of hydrogen-bond acceptors (Lipinski definition) is 5. The molecule has 0 aliphatic heterocycles. The van der Waals surface area contributed by atoms with E-state index in [0.29, 0.717) is 5.69 Å². The fraction of sp³-hybridized carbons (Fsp3) is 0.125. The number of benzene rings is 1. The molecule has 4 N–H and O–H groups in total. The van der Waals surface area contributed by atoms with Crippen LogP contribution in [0.3, 0.4) is 0 Å². The lowest BCUT2D eigenvalue weighted by Gasteiger charge is -2.06. The molecule has 7 heteroatoms. The van der Waals surface area contributed by atoms with Gasteiger partial charge in [-0.3, -0.25) is 25.8 Å². The lowest BCUT2D eigenvalue weighted by atomic mass is 10.3. The Morgan fingerprint density at radius 2 is 2.27 bits per heavy atom. The van der Waals surface area contributed by atoms with E-state index in [4.69, 9.17) is 5.73 Å². The van der Waals surface area contributed by atoms with Gasteiger partial charge in [0.15, 0.2) is 0 Å². The number of nitro groups is 1. The summed E-state index contributed by atoms with van der Waals surface area (Å²) in [6.45, 7) is -0.151. The molecule has 15 heavy (non-hydrogen) atoms. The molecular weight excluding hydrogens is 200 g/mol. The first-order valence-corrected chi connectivity index (χ1v) is 4.13. The number of nitrogens with two attached hydrogens (primary N) is 1. The molecule has 80 valence electrons. The van der Waals surface area contributed by atoms with Crippen molar-refractivity contribution in [3.8, 4) is 0 Å². The predicted molar refractivity (Wildman–Crippen MR) is 53.9 cm³/mol. The lowest BCUT2D eigenvalue weighted by Crippen LogP contribution is -2.34. The number of nitrogens with one attached hydrogen (secondary N) is 2. The molecule has 0 spiro atoms. The van der Waals surface area contributed by atoms with Crippen molar-refractivity contribution in [2.24, 2.45) is 5.73 Å². The van der Waals surface area contributed by atoms with Crippen molar-refractivity contribution in [3.63, 3.8) is 0 Å². The van der Waals surface area contributed by atoms with E-state index in [1.807, 2.05) is 0 Å². The fourth-order valence-electron chi connectivity index (χ4n) is 0.890. The minimum absolute atomic E-state index is 0.0537. The van der Waals surface area contributed by atoms with E-state index in [-0.39, 0.29) is 12.2 Å². The maximum absolute atomic E-state index is 10.8. The predicted octanol–water partition coefficient (Wildman–Crippen LogP) is -0.00340. The van der Waals surface area contributed by atoms with E-state index in [9.17, 15) is 14.9 Å². The summed E-state index contributed by atoms with van der Waals surface area (Å²) in [5, 5.41) is 10.4. The van der Waals surface area contributed by atoms with Crippen LogP contribution in [-0.2, 0) is 4.79 Å². The maximum Gasteiger partial charge on any atom is 0.271 e. The molecule has 0 aliphatic carbocycles. The third-order valence-corrected chi connectivity index (χ3v) is 1.59. The normalized spacial score (nSPS) is 9.40. The van der Waals surface area contributed by atoms with E-state index in [1.165, 1.54) is 18.2 Å². The van der Waals surface area contributed by atoms with Crippen molar-refractivity contribution < 1.29 is 9.72 Å². The van der Waals surface area contributed by atoms with Crippen molar-refractivity contribution in [2.45, 2.75) is 0 Å². The number of rotatable bonds is 4. The number of nitrogens with zero attached hydrogens (tertiary/aromatic N) is 1. The highest BCUT2D eigenvalue weighted by molar-refractivity contribution is 5.79. The highest BCUT2D eigenvalue weighted by Gasteiger charge is 2.05. The second kappa shape index (κ2) is 4.91. The van der Waals surface area contributed by atoms with Gasteiger partial charge in [-0.25, -0.2) is 0 Å². The molecule has 1 amide bonds. The van der Waals surface area contributed by atoms with Gasteiger partial charge < -0.3 is 5.73 Å². The fourth-order valence-corrected chi connectivity index (χ4v) is 0.890. The van der Waals surface area contributed by atoms with Crippen LogP contribution >= 0.6 is 0 Å². The Hall–Kier alpha value is -2.15. The highest BCUT2D eigenvalue weighted by atomic mass is 16.6. The molecule has 7 nitrogen and oxygen atoms in total. The molecule has 0 saturated heterocycles. The van der Waals surface area contributed by atoms with Gasteiger partial charge in [0, 0.05) is 12.1 Å². The van der Waals surface area contributed by atoms with E-state index in [2.05, 4.69) is 10.9 Å². The van der Waals surface area contributed by atoms with E-state index < -0.39 is 10.8 Å². The molecule has 0 aliphatic rings. The molecule has 0 fully saturated rings. The number of carbonyl (C=O) groups excluding carboxylic acids is 1. The van der Waals surface area contributed by atoms with Crippen LogP contribution in [0.5, 0.6) is 0 Å². The third kappa shape index (κ3) is 3.24. The summed E-state index contributed by atoms with van der Waals surface area (Å²) in [6, 6.07) is 5.76. The number of hydrazine groups is 1. The van der Waals surface area contributed by atoms with Crippen molar-refractivity contribution in [3.05, 3.63) is 34.4 Å². The second-order valence-electron chi connectivity index (χ2n) is 2.68. The smallest absolute Gasteiger partial charge is 0.271 e. The molecule has 1 aromatic rings. The molecule has 0 aromatic heterocycles. The third-order valence-electron chi connectivity index (χ3n) is 1.59. The lowest BCUT2D eigenvalue weighted by molar-refractivity contribution is -0.384. The Labute approximate surface area is 85.4 Å². The maximum atomic E-state index is 10.8. The average Bonchev–Trinajstić information content (AvgIpc) is 2.26. The first-order chi connectivity index (χ1) is 7.13. The minimum Gasteiger partial charge on any atom is -0.322 e. The Balaban J connectivity index is 2.66. The van der Waals surface area contributed by atoms with Crippen molar-refractivity contribution >= 4 is 17.3 Å². The van der Waals surface area contributed by atoms with Gasteiger partial charge in [0.2, 0.25) is 0 Å². The number of anilines is 1. The van der Waals surface area contributed by atoms with E-state index >= 15 is 0 Å². The molecule has 0 atom stereocenters. The number of nitro benzene ring substituents is 1. The zero-order valence-electron chi connectivity index (χ0n) is 7.77. The van der Waals surface area contributed by atoms with Crippen LogP contribution in [0.15, 0.2) is 24.3 Å². The monoisotopic (exact) mass is 210 g/mol. The SMILES string of the molecule is NCC(=O)NNc1cccc([N+](=O)[O-])c1. The van der Waals surface area contributed by atoms with Crippen molar-refractivity contribution in [1.82, 2.24) is 5.43 Å². The Morgan fingerprint density at radius 1 is 1.53 bits per heavy atom. The number of carbonyl (C=O) groups is 1. The summed E-state index contributed by atoms with van der Waals surface area (Å²) >= 11 is 0. The molecule has 1 aromatic carbocycles. The van der Waals surface area contributed by atoms with Gasteiger partial charge in [0.1, 0.15) is 0 Å². The van der Waals surface area contributed by atoms with Crippen LogP contribution in [-0.4, -0.2) is 17.4 Å². The van der Waals surface area contributed by atoms with Gasteiger partial charge in [-0.05, 0) is 6.07 Å². The zero-order chi connectivity index (χ0) is 11.3. The van der Waals surface area contributed by atoms with Gasteiger partial charge in [-0.2, -0.15) is 0 Å². The number of hydrogen-bond donors (Lipinski definition) is 3. The molecule has 0 heterocycles. The highest BCUT2D eigenvalue weighted by Crippen LogP contribution is 2.15. The Kier molecular flexibility index (Phi) is 3.58. The van der Waals surface area contributed by atoms with Gasteiger partial charge in [-0.1, -0.05) is 6.07 Å². The van der Waals surface area contributed by atoms with E-state index in [0.717, 1.165) is 0 Å². The van der Waals surface area contributed by atoms with Gasteiger partial charge in [0.05, 0.1) is 17.2 Å². The van der Waals surface area contributed by atoms with Crippen molar-refractivity contribution in [2.75, 3.05) is 12.0 Å². The van der Waals surface area contributed by atoms with Crippen LogP contribution in [0.25, 0.3) is 0 Å².